The summed E-state index contributed by atoms with van der Waals surface area (Å²) in [5.41, 5.74) is 1.62. The lowest BCUT2D eigenvalue weighted by molar-refractivity contribution is -0.920. The zero-order valence-electron chi connectivity index (χ0n) is 13.6. The van der Waals surface area contributed by atoms with Gasteiger partial charge in [0.2, 0.25) is 0 Å². The van der Waals surface area contributed by atoms with Crippen molar-refractivity contribution in [3.05, 3.63) is 40.2 Å². The molecule has 0 aliphatic carbocycles. The molecule has 1 aliphatic rings. The summed E-state index contributed by atoms with van der Waals surface area (Å²) in [5, 5.41) is 3.25. The summed E-state index contributed by atoms with van der Waals surface area (Å²) < 4.78 is 10.6. The van der Waals surface area contributed by atoms with E-state index in [2.05, 4.69) is 10.3 Å². The molecule has 6 heteroatoms. The largest absolute Gasteiger partial charge is 0.497 e. The van der Waals surface area contributed by atoms with E-state index in [0.717, 1.165) is 61.6 Å². The van der Waals surface area contributed by atoms with Crippen molar-refractivity contribution in [1.29, 1.82) is 0 Å². The van der Waals surface area contributed by atoms with Gasteiger partial charge >= 0.3 is 0 Å². The molecular formula is C17H25N3O3+2. The molecule has 0 spiro atoms. The third kappa shape index (κ3) is 4.10. The Morgan fingerprint density at radius 3 is 2.91 bits per heavy atom. The third-order valence-electron chi connectivity index (χ3n) is 4.40. The summed E-state index contributed by atoms with van der Waals surface area (Å²) in [6.45, 7) is 6.76. The van der Waals surface area contributed by atoms with E-state index in [0.29, 0.717) is 6.54 Å². The van der Waals surface area contributed by atoms with Gasteiger partial charge in [-0.05, 0) is 23.6 Å². The Morgan fingerprint density at radius 1 is 1.30 bits per heavy atom. The number of nitrogens with one attached hydrogen (secondary N) is 2. The highest BCUT2D eigenvalue weighted by Crippen LogP contribution is 2.18. The maximum atomic E-state index is 12.2. The zero-order valence-corrected chi connectivity index (χ0v) is 13.6. The van der Waals surface area contributed by atoms with Gasteiger partial charge in [-0.2, -0.15) is 0 Å². The first-order chi connectivity index (χ1) is 11.3. The second-order valence-corrected chi connectivity index (χ2v) is 5.97. The van der Waals surface area contributed by atoms with Crippen LogP contribution >= 0.6 is 0 Å². The van der Waals surface area contributed by atoms with Crippen molar-refractivity contribution in [3.63, 3.8) is 0 Å². The van der Waals surface area contributed by atoms with E-state index in [4.69, 9.17) is 9.47 Å². The average Bonchev–Trinajstić information content (AvgIpc) is 2.59. The number of rotatable bonds is 6. The van der Waals surface area contributed by atoms with Crippen LogP contribution in [-0.4, -0.2) is 51.5 Å². The number of aromatic amines is 1. The van der Waals surface area contributed by atoms with E-state index >= 15 is 0 Å². The zero-order chi connectivity index (χ0) is 16.1. The molecule has 1 fully saturated rings. The van der Waals surface area contributed by atoms with Crippen LogP contribution < -0.4 is 20.5 Å². The van der Waals surface area contributed by atoms with Crippen molar-refractivity contribution < 1.29 is 19.7 Å². The molecule has 0 bridgehead atoms. The Morgan fingerprint density at radius 2 is 2.13 bits per heavy atom. The number of nitrogens with two attached hydrogens (primary N) is 1. The highest BCUT2D eigenvalue weighted by molar-refractivity contribution is 5.80. The predicted molar refractivity (Wildman–Crippen MR) is 88.0 cm³/mol. The lowest BCUT2D eigenvalue weighted by Gasteiger charge is -2.22. The molecule has 1 aromatic heterocycles. The summed E-state index contributed by atoms with van der Waals surface area (Å²) >= 11 is 0. The standard InChI is InChI=1S/C17H23N3O3/c1-22-15-3-2-13-10-14(17(21)19-16(13)11-15)12-18-4-5-20-6-8-23-9-7-20/h2-3,10-11,18H,4-9,12H2,1H3,(H,19,21)/p+2. The van der Waals surface area contributed by atoms with Gasteiger partial charge in [0.25, 0.3) is 5.56 Å². The van der Waals surface area contributed by atoms with E-state index in [1.807, 2.05) is 24.3 Å². The molecule has 0 amide bonds. The molecule has 2 heterocycles. The second kappa shape index (κ2) is 7.59. The van der Waals surface area contributed by atoms with Crippen LogP contribution in [0.1, 0.15) is 5.56 Å². The highest BCUT2D eigenvalue weighted by Gasteiger charge is 2.14. The molecule has 0 radical (unpaired) electrons. The molecule has 6 nitrogen and oxygen atoms in total. The lowest BCUT2D eigenvalue weighted by atomic mass is 10.1. The van der Waals surface area contributed by atoms with Crippen LogP contribution in [0.4, 0.5) is 0 Å². The number of pyridine rings is 1. The van der Waals surface area contributed by atoms with Crippen molar-refractivity contribution in [2.45, 2.75) is 6.54 Å². The van der Waals surface area contributed by atoms with Gasteiger partial charge in [-0.1, -0.05) is 0 Å². The molecule has 0 atom stereocenters. The van der Waals surface area contributed by atoms with Gasteiger partial charge < -0.3 is 24.7 Å². The van der Waals surface area contributed by atoms with Gasteiger partial charge in [-0.15, -0.1) is 0 Å². The minimum atomic E-state index is -0.0132. The van der Waals surface area contributed by atoms with E-state index in [9.17, 15) is 4.79 Å². The molecule has 3 rings (SSSR count). The number of quaternary nitrogens is 2. The summed E-state index contributed by atoms with van der Waals surface area (Å²) in [6.07, 6.45) is 0. The normalized spacial score (nSPS) is 15.9. The fourth-order valence-electron chi connectivity index (χ4n) is 2.98. The number of benzene rings is 1. The Labute approximate surface area is 135 Å². The average molecular weight is 319 g/mol. The Kier molecular flexibility index (Phi) is 5.27. The molecule has 0 saturated carbocycles. The van der Waals surface area contributed by atoms with Crippen molar-refractivity contribution >= 4 is 10.9 Å². The van der Waals surface area contributed by atoms with Gasteiger partial charge in [-0.3, -0.25) is 4.79 Å². The number of hydrogen-bond donors (Lipinski definition) is 3. The van der Waals surface area contributed by atoms with Gasteiger partial charge in [0.05, 0.1) is 31.4 Å². The highest BCUT2D eigenvalue weighted by atomic mass is 16.5. The second-order valence-electron chi connectivity index (χ2n) is 5.97. The first-order valence-corrected chi connectivity index (χ1v) is 8.19. The molecule has 124 valence electrons. The maximum absolute atomic E-state index is 12.2. The summed E-state index contributed by atoms with van der Waals surface area (Å²) in [7, 11) is 1.62. The van der Waals surface area contributed by atoms with Crippen LogP contribution in [0.5, 0.6) is 5.75 Å². The van der Waals surface area contributed by atoms with Gasteiger partial charge in [0.15, 0.2) is 0 Å². The molecule has 4 N–H and O–H groups in total. The van der Waals surface area contributed by atoms with Crippen LogP contribution in [0.2, 0.25) is 0 Å². The first kappa shape index (κ1) is 16.0. The predicted octanol–water partition coefficient (Wildman–Crippen LogP) is -1.48. The van der Waals surface area contributed by atoms with E-state index in [1.165, 1.54) is 0 Å². The topological polar surface area (TPSA) is 72.4 Å². The van der Waals surface area contributed by atoms with Crippen LogP contribution in [0.3, 0.4) is 0 Å². The first-order valence-electron chi connectivity index (χ1n) is 8.19. The number of aromatic nitrogens is 1. The fourth-order valence-corrected chi connectivity index (χ4v) is 2.98. The number of methoxy groups -OCH3 is 1. The quantitative estimate of drug-likeness (QED) is 0.569. The van der Waals surface area contributed by atoms with Crippen LogP contribution in [-0.2, 0) is 11.3 Å². The molecule has 23 heavy (non-hydrogen) atoms. The Hall–Kier alpha value is -1.89. The molecular weight excluding hydrogens is 294 g/mol. The minimum absolute atomic E-state index is 0.0132. The number of morpholine rings is 1. The van der Waals surface area contributed by atoms with Gasteiger partial charge in [0, 0.05) is 6.07 Å². The number of hydrogen-bond acceptors (Lipinski definition) is 3. The monoisotopic (exact) mass is 319 g/mol. The molecule has 1 aliphatic heterocycles. The molecule has 1 aromatic carbocycles. The van der Waals surface area contributed by atoms with Crippen molar-refractivity contribution in [1.82, 2.24) is 4.98 Å². The number of fused-ring (bicyclic) bond motifs is 1. The van der Waals surface area contributed by atoms with E-state index < -0.39 is 0 Å². The van der Waals surface area contributed by atoms with E-state index in [-0.39, 0.29) is 5.56 Å². The smallest absolute Gasteiger partial charge is 0.257 e. The van der Waals surface area contributed by atoms with Crippen molar-refractivity contribution in [3.8, 4) is 5.75 Å². The number of H-pyrrole nitrogens is 1. The Balaban J connectivity index is 1.59. The number of ether oxygens (including phenoxy) is 2. The SMILES string of the molecule is COc1ccc2cc(C[NH2+]CC[NH+]3CCOCC3)c(=O)[nH]c2c1. The molecule has 2 aromatic rings. The van der Waals surface area contributed by atoms with Crippen LogP contribution in [0.25, 0.3) is 10.9 Å². The minimum Gasteiger partial charge on any atom is -0.497 e. The summed E-state index contributed by atoms with van der Waals surface area (Å²) in [6, 6.07) is 7.72. The van der Waals surface area contributed by atoms with E-state index in [1.54, 1.807) is 12.0 Å². The molecule has 1 saturated heterocycles. The Bertz CT molecular complexity index is 708. The van der Waals surface area contributed by atoms with Crippen LogP contribution in [0.15, 0.2) is 29.1 Å². The third-order valence-corrected chi connectivity index (χ3v) is 4.40. The fraction of sp³-hybridized carbons (Fsp3) is 0.471. The van der Waals surface area contributed by atoms with Gasteiger partial charge in [0.1, 0.15) is 38.5 Å². The lowest BCUT2D eigenvalue weighted by Crippen LogP contribution is -3.16. The summed E-state index contributed by atoms with van der Waals surface area (Å²) in [5.74, 6) is 0.751. The van der Waals surface area contributed by atoms with Crippen molar-refractivity contribution in [2.24, 2.45) is 0 Å². The molecule has 0 unspecified atom stereocenters. The summed E-state index contributed by atoms with van der Waals surface area (Å²) in [4.78, 5) is 16.7. The van der Waals surface area contributed by atoms with Crippen molar-refractivity contribution in [2.75, 3.05) is 46.5 Å². The maximum Gasteiger partial charge on any atom is 0.257 e. The van der Waals surface area contributed by atoms with Gasteiger partial charge in [-0.25, -0.2) is 0 Å². The van der Waals surface area contributed by atoms with Crippen LogP contribution in [0, 0.1) is 0 Å².